The van der Waals surface area contributed by atoms with Gasteiger partial charge in [-0.05, 0) is 0 Å². The predicted molar refractivity (Wildman–Crippen MR) is 41.5 cm³/mol. The molecular formula is C7H8N2O3. The second kappa shape index (κ2) is 2.92. The summed E-state index contributed by atoms with van der Waals surface area (Å²) in [6.07, 6.45) is 0. The number of hydrogen-bond acceptors (Lipinski definition) is 5. The lowest BCUT2D eigenvalue weighted by Crippen LogP contribution is -2.24. The average molecular weight is 168 g/mol. The van der Waals surface area contributed by atoms with E-state index >= 15 is 0 Å². The fourth-order valence-electron chi connectivity index (χ4n) is 1.04. The van der Waals surface area contributed by atoms with Crippen LogP contribution >= 0.6 is 0 Å². The minimum absolute atomic E-state index is 0.135. The van der Waals surface area contributed by atoms with E-state index in [1.165, 1.54) is 0 Å². The van der Waals surface area contributed by atoms with Crippen molar-refractivity contribution in [2.24, 2.45) is 9.98 Å². The van der Waals surface area contributed by atoms with Crippen LogP contribution in [-0.2, 0) is 14.3 Å². The summed E-state index contributed by atoms with van der Waals surface area (Å²) in [6.45, 7) is 2.06. The number of rotatable bonds is 2. The Morgan fingerprint density at radius 3 is 1.92 bits per heavy atom. The van der Waals surface area contributed by atoms with Crippen LogP contribution in [0.2, 0.25) is 0 Å². The molecule has 0 radical (unpaired) electrons. The van der Waals surface area contributed by atoms with Gasteiger partial charge in [-0.15, -0.1) is 0 Å². The van der Waals surface area contributed by atoms with Crippen molar-refractivity contribution in [1.29, 1.82) is 0 Å². The van der Waals surface area contributed by atoms with Crippen LogP contribution in [0, 0.1) is 0 Å². The highest BCUT2D eigenvalue weighted by atomic mass is 16.5. The summed E-state index contributed by atoms with van der Waals surface area (Å²) >= 11 is 0. The summed E-state index contributed by atoms with van der Waals surface area (Å²) in [5.41, 5.74) is 0. The molecule has 0 saturated carbocycles. The minimum Gasteiger partial charge on any atom is -0.473 e. The van der Waals surface area contributed by atoms with Gasteiger partial charge >= 0.3 is 5.78 Å². The summed E-state index contributed by atoms with van der Waals surface area (Å²) in [7, 11) is 0. The zero-order valence-corrected chi connectivity index (χ0v) is 6.45. The summed E-state index contributed by atoms with van der Waals surface area (Å²) < 4.78 is 9.93. The molecule has 0 aliphatic carbocycles. The highest BCUT2D eigenvalue weighted by Crippen LogP contribution is 2.01. The minimum atomic E-state index is -0.329. The number of ether oxygens (including phenoxy) is 2. The maximum Gasteiger partial charge on any atom is 0.301 e. The molecule has 0 spiro atoms. The third kappa shape index (κ3) is 1.17. The van der Waals surface area contributed by atoms with Crippen molar-refractivity contribution in [3.8, 4) is 0 Å². The van der Waals surface area contributed by atoms with Crippen LogP contribution in [0.4, 0.5) is 0 Å². The smallest absolute Gasteiger partial charge is 0.301 e. The van der Waals surface area contributed by atoms with Crippen molar-refractivity contribution >= 4 is 17.6 Å². The maximum absolute atomic E-state index is 11.3. The monoisotopic (exact) mass is 168 g/mol. The molecule has 0 aromatic rings. The first-order valence-corrected chi connectivity index (χ1v) is 3.77. The first-order valence-electron chi connectivity index (χ1n) is 3.77. The molecule has 0 saturated heterocycles. The predicted octanol–water partition coefficient (Wildman–Crippen LogP) is -0.587. The molecule has 0 atom stereocenters. The molecule has 0 N–H and O–H groups in total. The normalized spacial score (nSPS) is 21.0. The van der Waals surface area contributed by atoms with E-state index in [-0.39, 0.29) is 17.6 Å². The van der Waals surface area contributed by atoms with Crippen LogP contribution in [0.5, 0.6) is 0 Å². The summed E-state index contributed by atoms with van der Waals surface area (Å²) in [5, 5.41) is 0. The van der Waals surface area contributed by atoms with Crippen molar-refractivity contribution in [3.63, 3.8) is 0 Å². The number of Topliss-reactive ketones (excluding diaryl/α,β-unsaturated/α-hetero) is 1. The molecule has 0 aromatic heterocycles. The molecule has 2 rings (SSSR count). The summed E-state index contributed by atoms with van der Waals surface area (Å²) in [4.78, 5) is 19.1. The van der Waals surface area contributed by atoms with Gasteiger partial charge in [-0.25, -0.2) is 9.98 Å². The second-order valence-electron chi connectivity index (χ2n) is 2.40. The fraction of sp³-hybridized carbons (Fsp3) is 0.571. The zero-order chi connectivity index (χ0) is 8.39. The Bertz CT molecular complexity index is 244. The van der Waals surface area contributed by atoms with Crippen molar-refractivity contribution in [2.45, 2.75) is 0 Å². The Labute approximate surface area is 69.1 Å². The molecule has 0 unspecified atom stereocenters. The molecule has 2 aliphatic rings. The van der Waals surface area contributed by atoms with Gasteiger partial charge in [0.1, 0.15) is 13.2 Å². The molecule has 2 aliphatic heterocycles. The van der Waals surface area contributed by atoms with E-state index in [4.69, 9.17) is 9.47 Å². The average Bonchev–Trinajstić information content (AvgIpc) is 2.77. The quantitative estimate of drug-likeness (QED) is 0.553. The number of carbonyl (C=O) groups excluding carboxylic acids is 1. The van der Waals surface area contributed by atoms with Crippen molar-refractivity contribution in [3.05, 3.63) is 0 Å². The van der Waals surface area contributed by atoms with Crippen molar-refractivity contribution in [2.75, 3.05) is 26.3 Å². The summed E-state index contributed by atoms with van der Waals surface area (Å²) in [6, 6.07) is 0. The summed E-state index contributed by atoms with van der Waals surface area (Å²) in [5.74, 6) is -0.0590. The SMILES string of the molecule is O=C(C1=NCCO1)C1=NCCO1. The topological polar surface area (TPSA) is 60.2 Å². The van der Waals surface area contributed by atoms with Gasteiger partial charge < -0.3 is 9.47 Å². The highest BCUT2D eigenvalue weighted by molar-refractivity contribution is 6.63. The van der Waals surface area contributed by atoms with Gasteiger partial charge in [0.2, 0.25) is 0 Å². The Morgan fingerprint density at radius 2 is 1.58 bits per heavy atom. The molecule has 12 heavy (non-hydrogen) atoms. The number of nitrogens with zero attached hydrogens (tertiary/aromatic N) is 2. The molecule has 2 heterocycles. The van der Waals surface area contributed by atoms with Gasteiger partial charge in [-0.3, -0.25) is 4.79 Å². The Kier molecular flexibility index (Phi) is 1.77. The first-order chi connectivity index (χ1) is 5.88. The fourth-order valence-corrected chi connectivity index (χ4v) is 1.04. The lowest BCUT2D eigenvalue weighted by Gasteiger charge is -1.99. The van der Waals surface area contributed by atoms with E-state index in [2.05, 4.69) is 9.98 Å². The number of aliphatic imine (C=N–C) groups is 2. The molecule has 0 aromatic carbocycles. The van der Waals surface area contributed by atoms with E-state index in [1.54, 1.807) is 0 Å². The number of ketones is 1. The largest absolute Gasteiger partial charge is 0.473 e. The van der Waals surface area contributed by atoms with Gasteiger partial charge in [-0.2, -0.15) is 0 Å². The van der Waals surface area contributed by atoms with Crippen LogP contribution in [0.1, 0.15) is 0 Å². The van der Waals surface area contributed by atoms with Crippen molar-refractivity contribution < 1.29 is 14.3 Å². The number of hydrogen-bond donors (Lipinski definition) is 0. The lowest BCUT2D eigenvalue weighted by molar-refractivity contribution is -0.109. The van der Waals surface area contributed by atoms with E-state index < -0.39 is 0 Å². The second-order valence-corrected chi connectivity index (χ2v) is 2.40. The van der Waals surface area contributed by atoms with Gasteiger partial charge in [0.05, 0.1) is 13.1 Å². The third-order valence-corrected chi connectivity index (χ3v) is 1.56. The van der Waals surface area contributed by atoms with Crippen LogP contribution < -0.4 is 0 Å². The van der Waals surface area contributed by atoms with E-state index in [1.807, 2.05) is 0 Å². The lowest BCUT2D eigenvalue weighted by atomic mass is 10.4. The molecule has 0 bridgehead atoms. The van der Waals surface area contributed by atoms with Gasteiger partial charge in [0, 0.05) is 0 Å². The third-order valence-electron chi connectivity index (χ3n) is 1.56. The van der Waals surface area contributed by atoms with Gasteiger partial charge in [-0.1, -0.05) is 0 Å². The van der Waals surface area contributed by atoms with Crippen LogP contribution in [-0.4, -0.2) is 43.9 Å². The Morgan fingerprint density at radius 1 is 1.08 bits per heavy atom. The first kappa shape index (κ1) is 7.27. The van der Waals surface area contributed by atoms with E-state index in [9.17, 15) is 4.79 Å². The number of carbonyl (C=O) groups is 1. The standard InChI is InChI=1S/C7H8N2O3/c10-5(6-8-1-3-11-6)7-9-2-4-12-7/h1-4H2. The molecule has 0 amide bonds. The molecular weight excluding hydrogens is 160 g/mol. The maximum atomic E-state index is 11.3. The molecule has 5 nitrogen and oxygen atoms in total. The molecule has 5 heteroatoms. The van der Waals surface area contributed by atoms with Crippen LogP contribution in [0.3, 0.4) is 0 Å². The van der Waals surface area contributed by atoms with Crippen molar-refractivity contribution in [1.82, 2.24) is 0 Å². The van der Waals surface area contributed by atoms with E-state index in [0.717, 1.165) is 0 Å². The highest BCUT2D eigenvalue weighted by Gasteiger charge is 2.26. The Hall–Kier alpha value is -1.39. The van der Waals surface area contributed by atoms with Crippen LogP contribution in [0.15, 0.2) is 9.98 Å². The van der Waals surface area contributed by atoms with Gasteiger partial charge in [0.25, 0.3) is 11.8 Å². The molecule has 0 fully saturated rings. The van der Waals surface area contributed by atoms with Gasteiger partial charge in [0.15, 0.2) is 0 Å². The van der Waals surface area contributed by atoms with E-state index in [0.29, 0.717) is 26.3 Å². The Balaban J connectivity index is 2.08. The van der Waals surface area contributed by atoms with Crippen LogP contribution in [0.25, 0.3) is 0 Å². The molecule has 64 valence electrons. The zero-order valence-electron chi connectivity index (χ0n) is 6.45.